The number of hydrogen-bond donors (Lipinski definition) is 1. The molecule has 0 saturated carbocycles. The predicted molar refractivity (Wildman–Crippen MR) is 80.6 cm³/mol. The molecule has 1 atom stereocenters. The lowest BCUT2D eigenvalue weighted by Gasteiger charge is -2.11. The van der Waals surface area contributed by atoms with Gasteiger partial charge in [0.15, 0.2) is 5.78 Å². The zero-order chi connectivity index (χ0) is 14.4. The van der Waals surface area contributed by atoms with E-state index in [2.05, 4.69) is 4.98 Å². The van der Waals surface area contributed by atoms with Crippen LogP contribution in [0.5, 0.6) is 5.75 Å². The number of hydrogen-bond acceptors (Lipinski definition) is 3. The second-order valence-electron chi connectivity index (χ2n) is 5.36. The molecule has 102 valence electrons. The molecule has 0 fully saturated rings. The molecule has 0 aliphatic heterocycles. The molecule has 1 heterocycles. The van der Waals surface area contributed by atoms with Gasteiger partial charge in [-0.1, -0.05) is 42.5 Å². The van der Waals surface area contributed by atoms with Gasteiger partial charge >= 0.3 is 0 Å². The molecule has 0 saturated heterocycles. The van der Waals surface area contributed by atoms with Gasteiger partial charge < -0.3 is 5.11 Å². The Morgan fingerprint density at radius 2 is 1.81 bits per heavy atom. The van der Waals surface area contributed by atoms with Crippen molar-refractivity contribution < 1.29 is 9.90 Å². The highest BCUT2D eigenvalue weighted by molar-refractivity contribution is 6.05. The molecule has 1 N–H and O–H groups in total. The molecule has 1 aromatic heterocycles. The number of fused-ring (bicyclic) bond motifs is 2. The summed E-state index contributed by atoms with van der Waals surface area (Å²) in [6.45, 7) is 0. The summed E-state index contributed by atoms with van der Waals surface area (Å²) in [7, 11) is 0. The highest BCUT2D eigenvalue weighted by Gasteiger charge is 2.34. The Morgan fingerprint density at radius 1 is 1.05 bits per heavy atom. The van der Waals surface area contributed by atoms with Crippen LogP contribution in [-0.2, 0) is 6.42 Å². The number of aromatic hydroxyl groups is 1. The van der Waals surface area contributed by atoms with E-state index >= 15 is 0 Å². The van der Waals surface area contributed by atoms with Gasteiger partial charge in [0.1, 0.15) is 5.75 Å². The van der Waals surface area contributed by atoms with E-state index in [1.54, 1.807) is 6.07 Å². The molecule has 0 bridgehead atoms. The van der Waals surface area contributed by atoms with Crippen LogP contribution in [0.3, 0.4) is 0 Å². The summed E-state index contributed by atoms with van der Waals surface area (Å²) < 4.78 is 0. The minimum atomic E-state index is -0.382. The summed E-state index contributed by atoms with van der Waals surface area (Å²) >= 11 is 0. The van der Waals surface area contributed by atoms with Crippen LogP contribution in [0.4, 0.5) is 0 Å². The lowest BCUT2D eigenvalue weighted by molar-refractivity contribution is 0.0970. The SMILES string of the molecule is O=C1c2ccccc2CC1c1nc2ccccc2cc1O. The number of benzene rings is 2. The average Bonchev–Trinajstić information content (AvgIpc) is 2.84. The number of carbonyl (C=O) groups excluding carboxylic acids is 1. The van der Waals surface area contributed by atoms with Crippen molar-refractivity contribution >= 4 is 16.7 Å². The molecule has 4 rings (SSSR count). The zero-order valence-corrected chi connectivity index (χ0v) is 11.3. The lowest BCUT2D eigenvalue weighted by atomic mass is 9.98. The zero-order valence-electron chi connectivity index (χ0n) is 11.3. The Morgan fingerprint density at radius 3 is 2.67 bits per heavy atom. The van der Waals surface area contributed by atoms with E-state index in [1.165, 1.54) is 0 Å². The molecule has 3 aromatic rings. The summed E-state index contributed by atoms with van der Waals surface area (Å²) in [5.41, 5.74) is 3.06. The maximum absolute atomic E-state index is 12.5. The monoisotopic (exact) mass is 275 g/mol. The molecule has 0 amide bonds. The van der Waals surface area contributed by atoms with Crippen LogP contribution in [0.15, 0.2) is 54.6 Å². The van der Waals surface area contributed by atoms with Gasteiger partial charge in [-0.2, -0.15) is 0 Å². The van der Waals surface area contributed by atoms with Crippen LogP contribution >= 0.6 is 0 Å². The number of carbonyl (C=O) groups is 1. The average molecular weight is 275 g/mol. The molecule has 3 heteroatoms. The number of para-hydroxylation sites is 1. The Kier molecular flexibility index (Phi) is 2.54. The fraction of sp³-hybridized carbons (Fsp3) is 0.111. The topological polar surface area (TPSA) is 50.2 Å². The largest absolute Gasteiger partial charge is 0.506 e. The highest BCUT2D eigenvalue weighted by Crippen LogP contribution is 2.37. The van der Waals surface area contributed by atoms with Crippen molar-refractivity contribution in [2.75, 3.05) is 0 Å². The molecule has 3 nitrogen and oxygen atoms in total. The Labute approximate surface area is 121 Å². The molecule has 1 unspecified atom stereocenters. The summed E-state index contributed by atoms with van der Waals surface area (Å²) in [6.07, 6.45) is 0.605. The maximum Gasteiger partial charge on any atom is 0.172 e. The minimum Gasteiger partial charge on any atom is -0.506 e. The fourth-order valence-corrected chi connectivity index (χ4v) is 3.04. The van der Waals surface area contributed by atoms with E-state index in [0.29, 0.717) is 12.1 Å². The normalized spacial score (nSPS) is 17.1. The van der Waals surface area contributed by atoms with Gasteiger partial charge in [0.05, 0.1) is 17.1 Å². The van der Waals surface area contributed by atoms with E-state index < -0.39 is 0 Å². The smallest absolute Gasteiger partial charge is 0.172 e. The lowest BCUT2D eigenvalue weighted by Crippen LogP contribution is -2.09. The van der Waals surface area contributed by atoms with Gasteiger partial charge in [-0.05, 0) is 24.1 Å². The molecule has 1 aliphatic carbocycles. The van der Waals surface area contributed by atoms with Crippen molar-refractivity contribution in [3.63, 3.8) is 0 Å². The summed E-state index contributed by atoms with van der Waals surface area (Å²) in [6, 6.07) is 16.9. The maximum atomic E-state index is 12.5. The third-order valence-corrected chi connectivity index (χ3v) is 4.09. The number of pyridine rings is 1. The van der Waals surface area contributed by atoms with Crippen molar-refractivity contribution in [2.24, 2.45) is 0 Å². The first kappa shape index (κ1) is 12.1. The van der Waals surface area contributed by atoms with Gasteiger partial charge in [0.2, 0.25) is 0 Å². The van der Waals surface area contributed by atoms with Crippen LogP contribution in [0.1, 0.15) is 27.5 Å². The van der Waals surface area contributed by atoms with E-state index in [9.17, 15) is 9.90 Å². The summed E-state index contributed by atoms with van der Waals surface area (Å²) in [5, 5.41) is 11.1. The number of ketones is 1. The van der Waals surface area contributed by atoms with Crippen molar-refractivity contribution in [3.05, 3.63) is 71.4 Å². The van der Waals surface area contributed by atoms with Gasteiger partial charge in [-0.25, -0.2) is 4.98 Å². The van der Waals surface area contributed by atoms with Crippen LogP contribution in [0.25, 0.3) is 10.9 Å². The van der Waals surface area contributed by atoms with Gasteiger partial charge in [-0.15, -0.1) is 0 Å². The Bertz CT molecular complexity index is 870. The van der Waals surface area contributed by atoms with Crippen molar-refractivity contribution in [3.8, 4) is 5.75 Å². The standard InChI is InChI=1S/C18H13NO2/c20-16-10-12-6-2-4-8-15(12)19-17(16)14-9-11-5-1-3-7-13(11)18(14)21/h1-8,10,14,20H,9H2. The van der Waals surface area contributed by atoms with E-state index in [4.69, 9.17) is 0 Å². The number of rotatable bonds is 1. The Hall–Kier alpha value is -2.68. The first-order valence-corrected chi connectivity index (χ1v) is 6.95. The predicted octanol–water partition coefficient (Wildman–Crippen LogP) is 3.46. The fourth-order valence-electron chi connectivity index (χ4n) is 3.04. The minimum absolute atomic E-state index is 0.0451. The molecular weight excluding hydrogens is 262 g/mol. The second kappa shape index (κ2) is 4.42. The van der Waals surface area contributed by atoms with Crippen LogP contribution < -0.4 is 0 Å². The van der Waals surface area contributed by atoms with E-state index in [1.807, 2.05) is 48.5 Å². The van der Waals surface area contributed by atoms with E-state index in [-0.39, 0.29) is 17.5 Å². The van der Waals surface area contributed by atoms with Crippen LogP contribution in [0.2, 0.25) is 0 Å². The Balaban J connectivity index is 1.85. The first-order chi connectivity index (χ1) is 10.2. The van der Waals surface area contributed by atoms with Crippen LogP contribution in [0, 0.1) is 0 Å². The van der Waals surface area contributed by atoms with Gasteiger partial charge in [0.25, 0.3) is 0 Å². The third kappa shape index (κ3) is 1.82. The molecular formula is C18H13NO2. The number of Topliss-reactive ketones (excluding diaryl/α,β-unsaturated/α-hetero) is 1. The molecule has 21 heavy (non-hydrogen) atoms. The van der Waals surface area contributed by atoms with Gasteiger partial charge in [0, 0.05) is 10.9 Å². The second-order valence-corrected chi connectivity index (χ2v) is 5.36. The quantitative estimate of drug-likeness (QED) is 0.740. The summed E-state index contributed by atoms with van der Waals surface area (Å²) in [5.74, 6) is -0.240. The third-order valence-electron chi connectivity index (χ3n) is 4.09. The molecule has 0 spiro atoms. The van der Waals surface area contributed by atoms with E-state index in [0.717, 1.165) is 22.0 Å². The number of aromatic nitrogens is 1. The van der Waals surface area contributed by atoms with Crippen molar-refractivity contribution in [2.45, 2.75) is 12.3 Å². The van der Waals surface area contributed by atoms with Crippen LogP contribution in [-0.4, -0.2) is 15.9 Å². The molecule has 1 aliphatic rings. The van der Waals surface area contributed by atoms with Crippen molar-refractivity contribution in [1.82, 2.24) is 4.98 Å². The van der Waals surface area contributed by atoms with Crippen molar-refractivity contribution in [1.29, 1.82) is 0 Å². The molecule has 0 radical (unpaired) electrons. The molecule has 2 aromatic carbocycles. The first-order valence-electron chi connectivity index (χ1n) is 6.95. The number of nitrogens with zero attached hydrogens (tertiary/aromatic N) is 1. The highest BCUT2D eigenvalue weighted by atomic mass is 16.3. The summed E-state index contributed by atoms with van der Waals surface area (Å²) in [4.78, 5) is 17.1. The van der Waals surface area contributed by atoms with Gasteiger partial charge in [-0.3, -0.25) is 4.79 Å².